The average molecular weight is 575 g/mol. The molecule has 2 heterocycles. The van der Waals surface area contributed by atoms with Crippen LogP contribution in [0.3, 0.4) is 0 Å². The lowest BCUT2D eigenvalue weighted by Gasteiger charge is -2.35. The van der Waals surface area contributed by atoms with Crippen molar-refractivity contribution in [3.8, 4) is 0 Å². The van der Waals surface area contributed by atoms with Gasteiger partial charge in [-0.3, -0.25) is 9.46 Å². The Labute approximate surface area is 238 Å². The highest BCUT2D eigenvalue weighted by molar-refractivity contribution is 7.51. The summed E-state index contributed by atoms with van der Waals surface area (Å²) in [6, 6.07) is 11.1. The van der Waals surface area contributed by atoms with Gasteiger partial charge in [-0.05, 0) is 56.4 Å². The zero-order valence-electron chi connectivity index (χ0n) is 23.6. The molecule has 0 radical (unpaired) electrons. The summed E-state index contributed by atoms with van der Waals surface area (Å²) in [6.45, 7) is 7.45. The molecule has 12 heteroatoms. The van der Waals surface area contributed by atoms with Crippen molar-refractivity contribution in [3.63, 3.8) is 0 Å². The number of rotatable bonds is 15. The maximum absolute atomic E-state index is 11.1. The van der Waals surface area contributed by atoms with Crippen molar-refractivity contribution < 1.29 is 14.4 Å². The Kier molecular flexibility index (Phi) is 12.0. The summed E-state index contributed by atoms with van der Waals surface area (Å²) in [6.07, 6.45) is 8.41. The van der Waals surface area contributed by atoms with Gasteiger partial charge in [0.05, 0.1) is 6.16 Å². The Morgan fingerprint density at radius 3 is 2.33 bits per heavy atom. The first-order valence-electron chi connectivity index (χ1n) is 14.8. The van der Waals surface area contributed by atoms with Gasteiger partial charge in [0.2, 0.25) is 5.95 Å². The number of hydrogen-bond acceptors (Lipinski definition) is 9. The molecule has 0 bridgehead atoms. The quantitative estimate of drug-likeness (QED) is 0.138. The van der Waals surface area contributed by atoms with E-state index in [1.165, 1.54) is 37.7 Å². The van der Waals surface area contributed by atoms with Crippen LogP contribution in [0.15, 0.2) is 30.3 Å². The number of nitrogen functional groups attached to an aromatic ring is 1. The second-order valence-corrected chi connectivity index (χ2v) is 12.8. The van der Waals surface area contributed by atoms with Crippen LogP contribution in [-0.4, -0.2) is 82.7 Å². The molecule has 2 aromatic rings. The third-order valence-electron chi connectivity index (χ3n) is 7.72. The standard InChI is InChI=1S/C28H47N8O3P/c29-26-20-27(36-17-15-35(16-18-36)14-5-19-40(37,38)39)34-28(33-26)32-22-24-10-8-23(9-11-24)21-30-12-4-13-31-25-6-2-1-3-7-25/h8-11,20,25,30-31H,1-7,12-19,21-22H2,(H2,37,38,39)(H3,29,32,33,34). The Balaban J connectivity index is 1.15. The second kappa shape index (κ2) is 15.7. The van der Waals surface area contributed by atoms with Crippen molar-refractivity contribution in [2.24, 2.45) is 0 Å². The van der Waals surface area contributed by atoms with Gasteiger partial charge in [-0.1, -0.05) is 43.5 Å². The molecule has 1 aliphatic carbocycles. The molecule has 0 unspecified atom stereocenters. The zero-order valence-corrected chi connectivity index (χ0v) is 24.5. The minimum Gasteiger partial charge on any atom is -0.383 e. The number of aromatic nitrogens is 2. The molecule has 0 spiro atoms. The van der Waals surface area contributed by atoms with E-state index in [9.17, 15) is 4.57 Å². The predicted octanol–water partition coefficient (Wildman–Crippen LogP) is 2.76. The highest BCUT2D eigenvalue weighted by Gasteiger charge is 2.20. The van der Waals surface area contributed by atoms with Crippen LogP contribution < -0.4 is 26.6 Å². The first-order chi connectivity index (χ1) is 19.3. The second-order valence-electron chi connectivity index (χ2n) is 11.0. The van der Waals surface area contributed by atoms with Crippen molar-refractivity contribution in [1.29, 1.82) is 0 Å². The number of nitrogens with zero attached hydrogens (tertiary/aromatic N) is 4. The Morgan fingerprint density at radius 2 is 1.62 bits per heavy atom. The molecule has 1 aromatic carbocycles. The summed E-state index contributed by atoms with van der Waals surface area (Å²) in [5, 5.41) is 10.6. The first-order valence-corrected chi connectivity index (χ1v) is 16.6. The first kappa shape index (κ1) is 30.7. The van der Waals surface area contributed by atoms with Crippen LogP contribution in [-0.2, 0) is 17.7 Å². The minimum atomic E-state index is -3.93. The highest BCUT2D eigenvalue weighted by atomic mass is 31.2. The van der Waals surface area contributed by atoms with Gasteiger partial charge >= 0.3 is 7.60 Å². The third-order valence-corrected chi connectivity index (χ3v) is 8.62. The van der Waals surface area contributed by atoms with Gasteiger partial charge in [0.1, 0.15) is 11.6 Å². The maximum Gasteiger partial charge on any atom is 0.325 e. The fourth-order valence-electron chi connectivity index (χ4n) is 5.41. The topological polar surface area (TPSA) is 152 Å². The summed E-state index contributed by atoms with van der Waals surface area (Å²) in [7, 11) is -3.93. The van der Waals surface area contributed by atoms with Crippen LogP contribution in [0.1, 0.15) is 56.1 Å². The molecule has 2 aliphatic rings. The van der Waals surface area contributed by atoms with Gasteiger partial charge in [0, 0.05) is 51.4 Å². The lowest BCUT2D eigenvalue weighted by atomic mass is 9.95. The molecule has 1 saturated carbocycles. The molecular formula is C28H47N8O3P. The van der Waals surface area contributed by atoms with Crippen molar-refractivity contribution in [3.05, 3.63) is 41.5 Å². The minimum absolute atomic E-state index is 0.0669. The normalized spacial score (nSPS) is 17.3. The van der Waals surface area contributed by atoms with Gasteiger partial charge in [0.25, 0.3) is 0 Å². The van der Waals surface area contributed by atoms with Crippen molar-refractivity contribution >= 4 is 25.2 Å². The van der Waals surface area contributed by atoms with Crippen molar-refractivity contribution in [2.45, 2.75) is 64.1 Å². The SMILES string of the molecule is Nc1cc(N2CCN(CCCP(=O)(O)O)CC2)nc(NCc2ccc(CNCCCNC3CCCCC3)cc2)n1. The summed E-state index contributed by atoms with van der Waals surface area (Å²) in [5.41, 5.74) is 8.51. The lowest BCUT2D eigenvalue weighted by Crippen LogP contribution is -2.47. The largest absolute Gasteiger partial charge is 0.383 e. The van der Waals surface area contributed by atoms with Crippen LogP contribution in [0.4, 0.5) is 17.6 Å². The molecule has 40 heavy (non-hydrogen) atoms. The van der Waals surface area contributed by atoms with E-state index in [0.29, 0.717) is 31.3 Å². The molecular weight excluding hydrogens is 527 g/mol. The monoisotopic (exact) mass is 574 g/mol. The molecule has 222 valence electrons. The molecule has 0 amide bonds. The van der Waals surface area contributed by atoms with Crippen LogP contribution in [0.2, 0.25) is 0 Å². The van der Waals surface area contributed by atoms with Gasteiger partial charge in [-0.2, -0.15) is 9.97 Å². The van der Waals surface area contributed by atoms with Crippen LogP contribution >= 0.6 is 7.60 Å². The van der Waals surface area contributed by atoms with Crippen LogP contribution in [0, 0.1) is 0 Å². The van der Waals surface area contributed by atoms with E-state index < -0.39 is 7.60 Å². The number of nitrogens with one attached hydrogen (secondary N) is 3. The number of benzene rings is 1. The van der Waals surface area contributed by atoms with E-state index in [0.717, 1.165) is 69.7 Å². The number of anilines is 3. The summed E-state index contributed by atoms with van der Waals surface area (Å²) in [5.74, 6) is 1.72. The zero-order chi connectivity index (χ0) is 28.2. The van der Waals surface area contributed by atoms with Gasteiger partial charge in [-0.15, -0.1) is 0 Å². The Bertz CT molecular complexity index is 1070. The molecule has 4 rings (SSSR count). The summed E-state index contributed by atoms with van der Waals surface area (Å²) >= 11 is 0. The Morgan fingerprint density at radius 1 is 0.925 bits per heavy atom. The van der Waals surface area contributed by atoms with E-state index in [1.807, 2.05) is 0 Å². The van der Waals surface area contributed by atoms with Crippen molar-refractivity contribution in [2.75, 3.05) is 67.9 Å². The van der Waals surface area contributed by atoms with Crippen molar-refractivity contribution in [1.82, 2.24) is 25.5 Å². The predicted molar refractivity (Wildman–Crippen MR) is 162 cm³/mol. The van der Waals surface area contributed by atoms with E-state index in [2.05, 4.69) is 55.0 Å². The number of piperazine rings is 1. The third kappa shape index (κ3) is 11.0. The fraction of sp³-hybridized carbons (Fsp3) is 0.643. The summed E-state index contributed by atoms with van der Waals surface area (Å²) < 4.78 is 11.1. The lowest BCUT2D eigenvalue weighted by molar-refractivity contribution is 0.256. The van der Waals surface area contributed by atoms with Crippen LogP contribution in [0.5, 0.6) is 0 Å². The maximum atomic E-state index is 11.1. The average Bonchev–Trinajstić information content (AvgIpc) is 2.94. The summed E-state index contributed by atoms with van der Waals surface area (Å²) in [4.78, 5) is 31.6. The molecule has 1 saturated heterocycles. The van der Waals surface area contributed by atoms with E-state index in [1.54, 1.807) is 6.07 Å². The Hall–Kier alpha value is -2.27. The molecule has 1 aromatic heterocycles. The van der Waals surface area contributed by atoms with Gasteiger partial charge in [0.15, 0.2) is 0 Å². The van der Waals surface area contributed by atoms with Gasteiger partial charge in [-0.25, -0.2) is 0 Å². The molecule has 1 aliphatic heterocycles. The molecule has 11 nitrogen and oxygen atoms in total. The van der Waals surface area contributed by atoms with E-state index in [-0.39, 0.29) is 6.16 Å². The number of hydrogen-bond donors (Lipinski definition) is 6. The molecule has 7 N–H and O–H groups in total. The number of nitrogens with two attached hydrogens (primary N) is 1. The smallest absolute Gasteiger partial charge is 0.325 e. The van der Waals surface area contributed by atoms with E-state index in [4.69, 9.17) is 20.5 Å². The molecule has 2 fully saturated rings. The van der Waals surface area contributed by atoms with Gasteiger partial charge < -0.3 is 36.4 Å². The fourth-order valence-corrected chi connectivity index (χ4v) is 5.96. The van der Waals surface area contributed by atoms with Crippen LogP contribution in [0.25, 0.3) is 0 Å². The van der Waals surface area contributed by atoms with E-state index >= 15 is 0 Å². The molecule has 0 atom stereocenters. The highest BCUT2D eigenvalue weighted by Crippen LogP contribution is 2.34.